The molecule has 0 aliphatic heterocycles. The molecular weight excluding hydrogens is 444 g/mol. The minimum atomic E-state index is -0.646. The zero-order valence-electron chi connectivity index (χ0n) is 20.0. The molecule has 0 spiro atoms. The number of halogens is 1. The van der Waals surface area contributed by atoms with E-state index in [0.717, 1.165) is 35.1 Å². The van der Waals surface area contributed by atoms with Gasteiger partial charge in [0.05, 0.1) is 6.42 Å². The summed E-state index contributed by atoms with van der Waals surface area (Å²) in [6.45, 7) is 4.95. The Morgan fingerprint density at radius 1 is 0.941 bits per heavy atom. The van der Waals surface area contributed by atoms with Gasteiger partial charge in [0.1, 0.15) is 6.04 Å². The standard InChI is InChI=1S/C29H33ClN2O2/c1-3-4-17-31-29(34)27(19-23-12-6-5-7-13-23)32(21-25-15-8-9-16-26(25)30)28(33)20-24-14-10-11-22(2)18-24/h5-16,18,27H,3-4,17,19-21H2,1-2H3,(H,31,34)/t27-/m1/s1. The molecule has 1 atom stereocenters. The smallest absolute Gasteiger partial charge is 0.243 e. The van der Waals surface area contributed by atoms with Crippen molar-refractivity contribution in [3.05, 3.63) is 106 Å². The lowest BCUT2D eigenvalue weighted by Crippen LogP contribution is -2.51. The highest BCUT2D eigenvalue weighted by molar-refractivity contribution is 6.31. The second-order valence-electron chi connectivity index (χ2n) is 8.63. The molecule has 0 aromatic heterocycles. The zero-order chi connectivity index (χ0) is 24.3. The number of rotatable bonds is 11. The molecule has 0 heterocycles. The van der Waals surface area contributed by atoms with Gasteiger partial charge in [0.15, 0.2) is 0 Å². The van der Waals surface area contributed by atoms with E-state index in [4.69, 9.17) is 11.6 Å². The van der Waals surface area contributed by atoms with Gasteiger partial charge in [-0.3, -0.25) is 9.59 Å². The summed E-state index contributed by atoms with van der Waals surface area (Å²) in [4.78, 5) is 28.8. The van der Waals surface area contributed by atoms with E-state index in [9.17, 15) is 9.59 Å². The number of nitrogens with one attached hydrogen (secondary N) is 1. The maximum atomic E-state index is 13.7. The van der Waals surface area contributed by atoms with Crippen molar-refractivity contribution in [1.82, 2.24) is 10.2 Å². The molecule has 0 saturated carbocycles. The van der Waals surface area contributed by atoms with Gasteiger partial charge in [-0.15, -0.1) is 0 Å². The lowest BCUT2D eigenvalue weighted by molar-refractivity contribution is -0.140. The van der Waals surface area contributed by atoms with Gasteiger partial charge < -0.3 is 10.2 Å². The Morgan fingerprint density at radius 2 is 1.65 bits per heavy atom. The van der Waals surface area contributed by atoms with Crippen LogP contribution in [0.1, 0.15) is 42.0 Å². The summed E-state index contributed by atoms with van der Waals surface area (Å²) >= 11 is 6.46. The summed E-state index contributed by atoms with van der Waals surface area (Å²) in [6.07, 6.45) is 2.53. The minimum absolute atomic E-state index is 0.0999. The van der Waals surface area contributed by atoms with E-state index in [-0.39, 0.29) is 24.8 Å². The van der Waals surface area contributed by atoms with E-state index in [1.807, 2.05) is 85.8 Å². The van der Waals surface area contributed by atoms with Crippen LogP contribution in [0.4, 0.5) is 0 Å². The third-order valence-corrected chi connectivity index (χ3v) is 6.21. The molecule has 34 heavy (non-hydrogen) atoms. The van der Waals surface area contributed by atoms with Gasteiger partial charge in [-0.2, -0.15) is 0 Å². The number of carbonyl (C=O) groups excluding carboxylic acids is 2. The lowest BCUT2D eigenvalue weighted by Gasteiger charge is -2.32. The summed E-state index contributed by atoms with van der Waals surface area (Å²) in [5.41, 5.74) is 3.85. The molecule has 3 aromatic rings. The minimum Gasteiger partial charge on any atom is -0.354 e. The summed E-state index contributed by atoms with van der Waals surface area (Å²) in [5, 5.41) is 3.63. The number of nitrogens with zero attached hydrogens (tertiary/aromatic N) is 1. The Balaban J connectivity index is 1.95. The zero-order valence-corrected chi connectivity index (χ0v) is 20.7. The molecule has 0 radical (unpaired) electrons. The van der Waals surface area contributed by atoms with Crippen LogP contribution in [0.3, 0.4) is 0 Å². The molecule has 2 amide bonds. The van der Waals surface area contributed by atoms with Crippen LogP contribution in [-0.2, 0) is 29.0 Å². The van der Waals surface area contributed by atoms with Crippen molar-refractivity contribution in [2.75, 3.05) is 6.54 Å². The van der Waals surface area contributed by atoms with E-state index < -0.39 is 6.04 Å². The fourth-order valence-corrected chi connectivity index (χ4v) is 4.16. The van der Waals surface area contributed by atoms with Crippen LogP contribution >= 0.6 is 11.6 Å². The van der Waals surface area contributed by atoms with Gasteiger partial charge >= 0.3 is 0 Å². The van der Waals surface area contributed by atoms with Crippen molar-refractivity contribution in [3.8, 4) is 0 Å². The summed E-state index contributed by atoms with van der Waals surface area (Å²) < 4.78 is 0. The maximum absolute atomic E-state index is 13.7. The third-order valence-electron chi connectivity index (χ3n) is 5.84. The van der Waals surface area contributed by atoms with Crippen LogP contribution in [0.5, 0.6) is 0 Å². The van der Waals surface area contributed by atoms with Crippen molar-refractivity contribution in [3.63, 3.8) is 0 Å². The number of carbonyl (C=O) groups is 2. The van der Waals surface area contributed by atoms with E-state index in [0.29, 0.717) is 18.0 Å². The fraction of sp³-hybridized carbons (Fsp3) is 0.310. The fourth-order valence-electron chi connectivity index (χ4n) is 3.97. The molecule has 0 aliphatic carbocycles. The molecule has 0 bridgehead atoms. The first-order chi connectivity index (χ1) is 16.5. The second-order valence-corrected chi connectivity index (χ2v) is 9.04. The molecule has 178 valence electrons. The summed E-state index contributed by atoms with van der Waals surface area (Å²) in [5.74, 6) is -0.237. The van der Waals surface area contributed by atoms with Crippen LogP contribution in [-0.4, -0.2) is 29.3 Å². The Morgan fingerprint density at radius 3 is 2.35 bits per heavy atom. The van der Waals surface area contributed by atoms with Crippen molar-refractivity contribution in [2.45, 2.75) is 52.1 Å². The molecule has 0 unspecified atom stereocenters. The number of hydrogen-bond donors (Lipinski definition) is 1. The van der Waals surface area contributed by atoms with Crippen molar-refractivity contribution >= 4 is 23.4 Å². The van der Waals surface area contributed by atoms with Crippen molar-refractivity contribution in [2.24, 2.45) is 0 Å². The monoisotopic (exact) mass is 476 g/mol. The Hall–Kier alpha value is -3.11. The number of aryl methyl sites for hydroxylation is 1. The Labute approximate surface area is 207 Å². The highest BCUT2D eigenvalue weighted by Crippen LogP contribution is 2.21. The first-order valence-electron chi connectivity index (χ1n) is 11.9. The molecule has 4 nitrogen and oxygen atoms in total. The second kappa shape index (κ2) is 13.0. The van der Waals surface area contributed by atoms with Crippen LogP contribution in [0.2, 0.25) is 5.02 Å². The van der Waals surface area contributed by atoms with E-state index >= 15 is 0 Å². The van der Waals surface area contributed by atoms with Gasteiger partial charge in [0.25, 0.3) is 0 Å². The quantitative estimate of drug-likeness (QED) is 0.358. The molecule has 0 saturated heterocycles. The van der Waals surface area contributed by atoms with Gasteiger partial charge in [-0.1, -0.05) is 103 Å². The van der Waals surface area contributed by atoms with Gasteiger partial charge in [0, 0.05) is 24.5 Å². The third kappa shape index (κ3) is 7.46. The topological polar surface area (TPSA) is 49.4 Å². The molecule has 3 rings (SSSR count). The Kier molecular flexibility index (Phi) is 9.72. The average molecular weight is 477 g/mol. The summed E-state index contributed by atoms with van der Waals surface area (Å²) in [7, 11) is 0. The highest BCUT2D eigenvalue weighted by atomic mass is 35.5. The molecule has 3 aromatic carbocycles. The van der Waals surface area contributed by atoms with Gasteiger partial charge in [-0.25, -0.2) is 0 Å². The molecule has 1 N–H and O–H groups in total. The molecule has 5 heteroatoms. The highest BCUT2D eigenvalue weighted by Gasteiger charge is 2.30. The number of benzene rings is 3. The largest absolute Gasteiger partial charge is 0.354 e. The predicted octanol–water partition coefficient (Wildman–Crippen LogP) is 5.75. The van der Waals surface area contributed by atoms with Crippen molar-refractivity contribution < 1.29 is 9.59 Å². The van der Waals surface area contributed by atoms with Crippen LogP contribution in [0.25, 0.3) is 0 Å². The number of amides is 2. The Bertz CT molecular complexity index is 1080. The SMILES string of the molecule is CCCCNC(=O)[C@@H](Cc1ccccc1)N(Cc1ccccc1Cl)C(=O)Cc1cccc(C)c1. The number of unbranched alkanes of at least 4 members (excludes halogenated alkanes) is 1. The normalized spacial score (nSPS) is 11.6. The van der Waals surface area contributed by atoms with Crippen molar-refractivity contribution in [1.29, 1.82) is 0 Å². The first kappa shape index (κ1) is 25.5. The average Bonchev–Trinajstić information content (AvgIpc) is 2.83. The van der Waals surface area contributed by atoms with Crippen LogP contribution in [0.15, 0.2) is 78.9 Å². The number of hydrogen-bond acceptors (Lipinski definition) is 2. The van der Waals surface area contributed by atoms with Gasteiger partial charge in [0.2, 0.25) is 11.8 Å². The molecule has 0 fully saturated rings. The van der Waals surface area contributed by atoms with E-state index in [2.05, 4.69) is 12.2 Å². The molecular formula is C29H33ClN2O2. The van der Waals surface area contributed by atoms with Crippen LogP contribution < -0.4 is 5.32 Å². The van der Waals surface area contributed by atoms with Crippen LogP contribution in [0, 0.1) is 6.92 Å². The molecule has 0 aliphatic rings. The van der Waals surface area contributed by atoms with Gasteiger partial charge in [-0.05, 0) is 36.1 Å². The summed E-state index contributed by atoms with van der Waals surface area (Å²) in [6, 6.07) is 24.6. The van der Waals surface area contributed by atoms with E-state index in [1.165, 1.54) is 0 Å². The predicted molar refractivity (Wildman–Crippen MR) is 139 cm³/mol. The van der Waals surface area contributed by atoms with E-state index in [1.54, 1.807) is 4.90 Å². The first-order valence-corrected chi connectivity index (χ1v) is 12.3. The maximum Gasteiger partial charge on any atom is 0.243 e. The lowest BCUT2D eigenvalue weighted by atomic mass is 10.0.